The van der Waals surface area contributed by atoms with Crippen LogP contribution in [0.2, 0.25) is 0 Å². The van der Waals surface area contributed by atoms with Gasteiger partial charge >= 0.3 is 11.1 Å². The zero-order valence-corrected chi connectivity index (χ0v) is 6.41. The topological polar surface area (TPSA) is 93.8 Å². The molecule has 0 fully saturated rings. The molecule has 0 aliphatic carbocycles. The zero-order valence-electron chi connectivity index (χ0n) is 6.41. The van der Waals surface area contributed by atoms with Crippen molar-refractivity contribution in [3.8, 4) is 0 Å². The predicted octanol–water partition coefficient (Wildman–Crippen LogP) is -1.92. The van der Waals surface area contributed by atoms with Crippen molar-refractivity contribution in [2.45, 2.75) is 13.0 Å². The van der Waals surface area contributed by atoms with E-state index >= 15 is 0 Å². The van der Waals surface area contributed by atoms with E-state index in [1.54, 1.807) is 0 Å². The Bertz CT molecular complexity index is 353. The van der Waals surface area contributed by atoms with Crippen LogP contribution in [0.25, 0.3) is 0 Å². The van der Waals surface area contributed by atoms with E-state index in [2.05, 4.69) is 11.4 Å². The average Bonchev–Trinajstić information content (AvgIpc) is 2.08. The average molecular weight is 169 g/mol. The van der Waals surface area contributed by atoms with Gasteiger partial charge in [0.1, 0.15) is 0 Å². The first-order valence-corrected chi connectivity index (χ1v) is 3.53. The van der Waals surface area contributed by atoms with Crippen molar-refractivity contribution in [1.29, 1.82) is 0 Å². The van der Waals surface area contributed by atoms with Gasteiger partial charge in [0.15, 0.2) is 0 Å². The number of H-pyrrole nitrogens is 1. The Morgan fingerprint density at radius 2 is 2.33 bits per heavy atom. The molecule has 1 radical (unpaired) electrons. The molecule has 6 heteroatoms. The summed E-state index contributed by atoms with van der Waals surface area (Å²) in [6.45, 7) is 0.847. The fourth-order valence-electron chi connectivity index (χ4n) is 0.753. The SMILES string of the molecule is NCCCn1[c]n[nH]c(=O)c1=O. The van der Waals surface area contributed by atoms with Crippen molar-refractivity contribution in [1.82, 2.24) is 14.8 Å². The van der Waals surface area contributed by atoms with E-state index in [4.69, 9.17) is 5.73 Å². The van der Waals surface area contributed by atoms with Crippen molar-refractivity contribution in [2.75, 3.05) is 6.54 Å². The highest BCUT2D eigenvalue weighted by molar-refractivity contribution is 4.72. The maximum atomic E-state index is 11.0. The molecular formula is C6H9N4O2. The van der Waals surface area contributed by atoms with Gasteiger partial charge in [0.25, 0.3) is 0 Å². The van der Waals surface area contributed by atoms with Crippen LogP contribution in [0.4, 0.5) is 0 Å². The highest BCUT2D eigenvalue weighted by atomic mass is 16.2. The lowest BCUT2D eigenvalue weighted by molar-refractivity contribution is 0.593. The molecule has 0 atom stereocenters. The van der Waals surface area contributed by atoms with Gasteiger partial charge in [-0.2, -0.15) is 5.10 Å². The minimum atomic E-state index is -0.731. The Labute approximate surface area is 68.0 Å². The molecule has 0 saturated carbocycles. The van der Waals surface area contributed by atoms with Crippen molar-refractivity contribution < 1.29 is 0 Å². The first kappa shape index (κ1) is 8.66. The van der Waals surface area contributed by atoms with Crippen molar-refractivity contribution >= 4 is 0 Å². The number of nitrogens with one attached hydrogen (secondary N) is 1. The van der Waals surface area contributed by atoms with Crippen LogP contribution < -0.4 is 16.9 Å². The van der Waals surface area contributed by atoms with Gasteiger partial charge in [0, 0.05) is 6.54 Å². The van der Waals surface area contributed by atoms with E-state index < -0.39 is 11.1 Å². The summed E-state index contributed by atoms with van der Waals surface area (Å²) in [5.74, 6) is 0. The first-order valence-electron chi connectivity index (χ1n) is 3.53. The number of nitrogens with zero attached hydrogens (tertiary/aromatic N) is 2. The highest BCUT2D eigenvalue weighted by Gasteiger charge is 1.98. The van der Waals surface area contributed by atoms with Crippen LogP contribution in [-0.2, 0) is 6.54 Å². The van der Waals surface area contributed by atoms with Crippen LogP contribution >= 0.6 is 0 Å². The van der Waals surface area contributed by atoms with E-state index in [1.807, 2.05) is 5.10 Å². The number of nitrogens with two attached hydrogens (primary N) is 1. The Kier molecular flexibility index (Phi) is 2.76. The maximum Gasteiger partial charge on any atom is 0.330 e. The molecule has 0 unspecified atom stereocenters. The van der Waals surface area contributed by atoms with Crippen LogP contribution in [0.15, 0.2) is 9.59 Å². The molecule has 1 aromatic heterocycles. The summed E-state index contributed by atoms with van der Waals surface area (Å²) in [5.41, 5.74) is 3.86. The quantitative estimate of drug-likeness (QED) is 0.516. The summed E-state index contributed by atoms with van der Waals surface area (Å²) in [6, 6.07) is 0. The summed E-state index contributed by atoms with van der Waals surface area (Å²) < 4.78 is 1.12. The monoisotopic (exact) mass is 169 g/mol. The molecule has 0 bridgehead atoms. The van der Waals surface area contributed by atoms with Gasteiger partial charge in [-0.05, 0) is 13.0 Å². The van der Waals surface area contributed by atoms with Gasteiger partial charge in [-0.15, -0.1) is 0 Å². The van der Waals surface area contributed by atoms with E-state index in [1.165, 1.54) is 0 Å². The predicted molar refractivity (Wildman–Crippen MR) is 41.6 cm³/mol. The molecule has 1 rings (SSSR count). The zero-order chi connectivity index (χ0) is 8.97. The van der Waals surface area contributed by atoms with Crippen molar-refractivity contribution in [2.24, 2.45) is 5.73 Å². The van der Waals surface area contributed by atoms with Gasteiger partial charge in [-0.3, -0.25) is 14.2 Å². The van der Waals surface area contributed by atoms with Crippen LogP contribution in [0.5, 0.6) is 0 Å². The molecule has 65 valence electrons. The molecule has 0 aliphatic heterocycles. The summed E-state index contributed by atoms with van der Waals surface area (Å²) in [7, 11) is 0. The third-order valence-electron chi connectivity index (χ3n) is 1.35. The second kappa shape index (κ2) is 3.82. The van der Waals surface area contributed by atoms with E-state index in [9.17, 15) is 9.59 Å². The molecule has 1 heterocycles. The molecule has 6 nitrogen and oxygen atoms in total. The molecule has 3 N–H and O–H groups in total. The number of aromatic amines is 1. The van der Waals surface area contributed by atoms with Crippen LogP contribution in [0.3, 0.4) is 0 Å². The van der Waals surface area contributed by atoms with E-state index in [0.717, 1.165) is 4.57 Å². The van der Waals surface area contributed by atoms with Crippen molar-refractivity contribution in [3.63, 3.8) is 0 Å². The molecular weight excluding hydrogens is 160 g/mol. The second-order valence-electron chi connectivity index (χ2n) is 2.25. The standard InChI is InChI=1S/C6H9N4O2/c7-2-1-3-10-4-8-9-5(11)6(10)12/h1-3,7H2,(H,9,11). The first-order chi connectivity index (χ1) is 5.75. The van der Waals surface area contributed by atoms with Gasteiger partial charge in [-0.25, -0.2) is 5.10 Å². The molecule has 0 aliphatic rings. The number of aromatic nitrogens is 3. The Morgan fingerprint density at radius 3 is 3.00 bits per heavy atom. The fourth-order valence-corrected chi connectivity index (χ4v) is 0.753. The van der Waals surface area contributed by atoms with Gasteiger partial charge in [-0.1, -0.05) is 0 Å². The molecule has 0 saturated heterocycles. The van der Waals surface area contributed by atoms with Crippen LogP contribution in [-0.4, -0.2) is 21.3 Å². The summed E-state index contributed by atoms with van der Waals surface area (Å²) in [6.07, 6.45) is 2.98. The van der Waals surface area contributed by atoms with Crippen molar-refractivity contribution in [3.05, 3.63) is 27.0 Å². The molecule has 0 amide bonds. The smallest absolute Gasteiger partial charge is 0.330 e. The number of hydrogen-bond acceptors (Lipinski definition) is 4. The minimum absolute atomic E-state index is 0.381. The number of aryl methyl sites for hydroxylation is 1. The maximum absolute atomic E-state index is 11.0. The van der Waals surface area contributed by atoms with E-state index in [-0.39, 0.29) is 0 Å². The van der Waals surface area contributed by atoms with Gasteiger partial charge in [0.05, 0.1) is 0 Å². The normalized spacial score (nSPS) is 10.1. The van der Waals surface area contributed by atoms with Crippen LogP contribution in [0.1, 0.15) is 6.42 Å². The lowest BCUT2D eigenvalue weighted by atomic mass is 10.4. The highest BCUT2D eigenvalue weighted by Crippen LogP contribution is 1.78. The Balaban J connectivity index is 2.93. The molecule has 12 heavy (non-hydrogen) atoms. The molecule has 0 aromatic carbocycles. The number of rotatable bonds is 3. The third kappa shape index (κ3) is 1.79. The van der Waals surface area contributed by atoms with E-state index in [0.29, 0.717) is 19.5 Å². The third-order valence-corrected chi connectivity index (χ3v) is 1.35. The largest absolute Gasteiger partial charge is 0.330 e. The Hall–Kier alpha value is -1.43. The number of hydrogen-bond donors (Lipinski definition) is 2. The molecule has 0 spiro atoms. The Morgan fingerprint density at radius 1 is 1.58 bits per heavy atom. The molecule has 1 aromatic rings. The van der Waals surface area contributed by atoms with Crippen LogP contribution in [0, 0.1) is 6.33 Å². The van der Waals surface area contributed by atoms with Gasteiger partial charge < -0.3 is 5.73 Å². The lowest BCUT2D eigenvalue weighted by Gasteiger charge is -1.98. The lowest BCUT2D eigenvalue weighted by Crippen LogP contribution is -2.37. The summed E-state index contributed by atoms with van der Waals surface area (Å²) in [5, 5.41) is 5.35. The van der Waals surface area contributed by atoms with Gasteiger partial charge in [0.2, 0.25) is 6.33 Å². The fraction of sp³-hybridized carbons (Fsp3) is 0.500. The minimum Gasteiger partial charge on any atom is -0.330 e. The summed E-state index contributed by atoms with van der Waals surface area (Å²) >= 11 is 0. The second-order valence-corrected chi connectivity index (χ2v) is 2.25. The summed E-state index contributed by atoms with van der Waals surface area (Å²) in [4.78, 5) is 21.7.